The Bertz CT molecular complexity index is 486. The van der Waals surface area contributed by atoms with Crippen molar-refractivity contribution in [2.24, 2.45) is 0 Å². The number of fused-ring (bicyclic) bond motifs is 2. The van der Waals surface area contributed by atoms with Gasteiger partial charge >= 0.3 is 37.7 Å². The van der Waals surface area contributed by atoms with Gasteiger partial charge in [0.2, 0.25) is 0 Å². The van der Waals surface area contributed by atoms with Crippen LogP contribution >= 0.6 is 0 Å². The topological polar surface area (TPSA) is 0 Å². The van der Waals surface area contributed by atoms with Crippen molar-refractivity contribution in [2.75, 3.05) is 0 Å². The molecule has 102 valence electrons. The average Bonchev–Trinajstić information content (AvgIpc) is 3.12. The fourth-order valence-electron chi connectivity index (χ4n) is 3.54. The van der Waals surface area contributed by atoms with Crippen LogP contribution in [0.15, 0.2) is 48.6 Å². The van der Waals surface area contributed by atoms with Crippen LogP contribution in [0.4, 0.5) is 0 Å². The second kappa shape index (κ2) is 7.72. The summed E-state index contributed by atoms with van der Waals surface area (Å²) in [6, 6.07) is 0. The monoisotopic (exact) mass is 300 g/mol. The summed E-state index contributed by atoms with van der Waals surface area (Å²) < 4.78 is 0. The van der Waals surface area contributed by atoms with Gasteiger partial charge in [-0.1, -0.05) is 61.7 Å². The molecule has 4 rings (SSSR count). The van der Waals surface area contributed by atoms with Crippen LogP contribution in [0.2, 0.25) is 13.1 Å². The molecule has 0 aliphatic heterocycles. The standard InChI is InChI=1S/C20H18Si.2Li/c1-21(2,19-13-11-15-7-3-5-9-17(15)19)20-14-12-16-8-4-6-10-18(16)20;;/h3-14H,1-2H3;;/q;2*+1. The number of hydrogen-bond acceptors (Lipinski definition) is 0. The second-order valence-electron chi connectivity index (χ2n) is 6.29. The van der Waals surface area contributed by atoms with Crippen molar-refractivity contribution in [3.8, 4) is 0 Å². The number of allylic oxidation sites excluding steroid dienone is 8. The molecule has 2 saturated carbocycles. The van der Waals surface area contributed by atoms with Gasteiger partial charge < -0.3 is 0 Å². The molecule has 4 aliphatic rings. The van der Waals surface area contributed by atoms with Gasteiger partial charge in [0.15, 0.2) is 0 Å². The van der Waals surface area contributed by atoms with Crippen molar-refractivity contribution >= 4 is 8.07 Å². The van der Waals surface area contributed by atoms with Gasteiger partial charge in [-0.3, -0.25) is 0 Å². The van der Waals surface area contributed by atoms with Gasteiger partial charge in [-0.15, -0.1) is 0 Å². The van der Waals surface area contributed by atoms with Crippen LogP contribution in [0.25, 0.3) is 0 Å². The average molecular weight is 300 g/mol. The van der Waals surface area contributed by atoms with Crippen molar-refractivity contribution in [3.63, 3.8) is 0 Å². The Labute approximate surface area is 167 Å². The molecule has 0 bridgehead atoms. The van der Waals surface area contributed by atoms with Gasteiger partial charge in [0.25, 0.3) is 0 Å². The molecule has 3 heteroatoms. The van der Waals surface area contributed by atoms with Crippen LogP contribution in [0.1, 0.15) is 0 Å². The molecule has 2 fully saturated rings. The summed E-state index contributed by atoms with van der Waals surface area (Å²) in [4.78, 5) is 0. The van der Waals surface area contributed by atoms with Gasteiger partial charge in [-0.25, -0.2) is 0 Å². The maximum atomic E-state index is 2.47. The molecule has 0 heterocycles. The molecule has 0 amide bonds. The summed E-state index contributed by atoms with van der Waals surface area (Å²) in [5, 5.41) is 0. The first-order valence-corrected chi connectivity index (χ1v) is 10.5. The van der Waals surface area contributed by atoms with E-state index in [0.29, 0.717) is 0 Å². The van der Waals surface area contributed by atoms with Gasteiger partial charge in [0.05, 0.1) is 8.07 Å². The fraction of sp³-hybridized carbons (Fsp3) is 0.100. The summed E-state index contributed by atoms with van der Waals surface area (Å²) in [6.45, 7) is 4.94. The van der Waals surface area contributed by atoms with Crippen LogP contribution < -0.4 is 37.7 Å². The molecular formula is C20H18Li2Si+2. The smallest absolute Gasteiger partial charge is 0.0762 e. The van der Waals surface area contributed by atoms with Crippen molar-refractivity contribution in [2.45, 2.75) is 13.1 Å². The Morgan fingerprint density at radius 1 is 0.565 bits per heavy atom. The maximum Gasteiger partial charge on any atom is 1.00 e. The van der Waals surface area contributed by atoms with Crippen LogP contribution in [0.5, 0.6) is 0 Å². The summed E-state index contributed by atoms with van der Waals surface area (Å²) >= 11 is 0. The zero-order chi connectivity index (χ0) is 14.4. The van der Waals surface area contributed by atoms with E-state index in [0.717, 1.165) is 0 Å². The third kappa shape index (κ3) is 3.39. The zero-order valence-corrected chi connectivity index (χ0v) is 15.4. The van der Waals surface area contributed by atoms with Crippen LogP contribution in [-0.4, -0.2) is 8.07 Å². The van der Waals surface area contributed by atoms with E-state index in [2.05, 4.69) is 87.4 Å². The Morgan fingerprint density at radius 2 is 0.957 bits per heavy atom. The first kappa shape index (κ1) is 19.7. The van der Waals surface area contributed by atoms with E-state index < -0.39 is 8.07 Å². The molecule has 10 radical (unpaired) electrons. The fourth-order valence-corrected chi connectivity index (χ4v) is 6.63. The van der Waals surface area contributed by atoms with E-state index in [1.165, 1.54) is 23.7 Å². The minimum absolute atomic E-state index is 0. The molecule has 4 aliphatic carbocycles. The molecule has 0 aromatic rings. The van der Waals surface area contributed by atoms with E-state index in [4.69, 9.17) is 0 Å². The van der Waals surface area contributed by atoms with E-state index in [9.17, 15) is 0 Å². The molecule has 0 spiro atoms. The van der Waals surface area contributed by atoms with E-state index in [1.54, 1.807) is 11.1 Å². The molecule has 0 atom stereocenters. The van der Waals surface area contributed by atoms with Gasteiger partial charge in [-0.2, -0.15) is 0 Å². The van der Waals surface area contributed by atoms with Crippen molar-refractivity contribution < 1.29 is 37.7 Å². The Hall–Kier alpha value is 0.372. The zero-order valence-electron chi connectivity index (χ0n) is 14.4. The van der Waals surface area contributed by atoms with E-state index in [-0.39, 0.29) is 37.7 Å². The Balaban J connectivity index is 0.000000960. The third-order valence-corrected chi connectivity index (χ3v) is 8.27. The largest absolute Gasteiger partial charge is 1.00 e. The summed E-state index contributed by atoms with van der Waals surface area (Å²) in [5.41, 5.74) is 3.10. The van der Waals surface area contributed by atoms with E-state index >= 15 is 0 Å². The minimum atomic E-state index is -1.68. The summed E-state index contributed by atoms with van der Waals surface area (Å²) in [7, 11) is -1.68. The molecule has 0 unspecified atom stereocenters. The first-order valence-electron chi connectivity index (χ1n) is 7.48. The molecule has 23 heavy (non-hydrogen) atoms. The normalized spacial score (nSPS) is 26.2. The van der Waals surface area contributed by atoms with Crippen molar-refractivity contribution in [1.82, 2.24) is 0 Å². The van der Waals surface area contributed by atoms with Crippen molar-refractivity contribution in [3.05, 3.63) is 109 Å². The molecular weight excluding hydrogens is 282 g/mol. The molecule has 0 aromatic carbocycles. The SMILES string of the molecule is C[Si](C)([C]1[CH][CH][C]2C=CC=C[C]21)[C]1[CH][CH][C]2C=CC=C[C]21.[Li+].[Li+]. The van der Waals surface area contributed by atoms with Crippen molar-refractivity contribution in [1.29, 1.82) is 0 Å². The predicted octanol–water partition coefficient (Wildman–Crippen LogP) is -1.68. The molecule has 0 aromatic heterocycles. The number of rotatable bonds is 2. The van der Waals surface area contributed by atoms with Gasteiger partial charge in [0.1, 0.15) is 0 Å². The molecule has 0 saturated heterocycles. The van der Waals surface area contributed by atoms with Gasteiger partial charge in [-0.05, 0) is 36.8 Å². The molecule has 0 nitrogen and oxygen atoms in total. The van der Waals surface area contributed by atoms with Crippen LogP contribution in [-0.2, 0) is 0 Å². The third-order valence-electron chi connectivity index (χ3n) is 4.71. The van der Waals surface area contributed by atoms with Gasteiger partial charge in [0, 0.05) is 23.7 Å². The second-order valence-corrected chi connectivity index (χ2v) is 10.6. The quantitative estimate of drug-likeness (QED) is 0.535. The van der Waals surface area contributed by atoms with Crippen LogP contribution in [0.3, 0.4) is 0 Å². The molecule has 0 N–H and O–H groups in total. The Kier molecular flexibility index (Phi) is 6.61. The summed E-state index contributed by atoms with van der Waals surface area (Å²) in [5.74, 6) is 5.59. The number of hydrogen-bond donors (Lipinski definition) is 0. The van der Waals surface area contributed by atoms with E-state index in [1.807, 2.05) is 0 Å². The minimum Gasteiger partial charge on any atom is -0.0762 e. The summed E-state index contributed by atoms with van der Waals surface area (Å²) in [6.07, 6.45) is 26.7. The predicted molar refractivity (Wildman–Crippen MR) is 90.7 cm³/mol. The Morgan fingerprint density at radius 3 is 1.39 bits per heavy atom. The maximum absolute atomic E-state index is 2.47. The first-order chi connectivity index (χ1) is 10.2. The van der Waals surface area contributed by atoms with Crippen LogP contribution in [0, 0.1) is 60.4 Å².